The van der Waals surface area contributed by atoms with E-state index in [-0.39, 0.29) is 18.7 Å². The number of nitrogens with one attached hydrogen (secondary N) is 1. The Morgan fingerprint density at radius 3 is 2.90 bits per heavy atom. The normalized spacial score (nSPS) is 14.2. The molecule has 20 heavy (non-hydrogen) atoms. The van der Waals surface area contributed by atoms with Gasteiger partial charge in [-0.25, -0.2) is 0 Å². The third-order valence-electron chi connectivity index (χ3n) is 3.32. The monoisotopic (exact) mass is 278 g/mol. The van der Waals surface area contributed by atoms with E-state index in [4.69, 9.17) is 9.47 Å². The highest BCUT2D eigenvalue weighted by atomic mass is 16.7. The van der Waals surface area contributed by atoms with Gasteiger partial charge < -0.3 is 19.7 Å². The van der Waals surface area contributed by atoms with Gasteiger partial charge in [0, 0.05) is 26.1 Å². The molecule has 110 valence electrons. The van der Waals surface area contributed by atoms with Crippen molar-refractivity contribution in [2.75, 3.05) is 20.4 Å². The number of hydrogen-bond acceptors (Lipinski definition) is 4. The van der Waals surface area contributed by atoms with E-state index >= 15 is 0 Å². The number of amides is 1. The molecule has 1 aromatic rings. The number of rotatable bonds is 6. The summed E-state index contributed by atoms with van der Waals surface area (Å²) in [5.74, 6) is 1.66. The van der Waals surface area contributed by atoms with Gasteiger partial charge in [0.1, 0.15) is 0 Å². The summed E-state index contributed by atoms with van der Waals surface area (Å²) in [4.78, 5) is 13.8. The van der Waals surface area contributed by atoms with Crippen LogP contribution in [0, 0.1) is 0 Å². The molecular formula is C15H22N2O3. The van der Waals surface area contributed by atoms with E-state index < -0.39 is 0 Å². The first-order chi connectivity index (χ1) is 9.60. The van der Waals surface area contributed by atoms with Gasteiger partial charge in [-0.05, 0) is 31.2 Å². The Morgan fingerprint density at radius 1 is 1.40 bits per heavy atom. The van der Waals surface area contributed by atoms with Gasteiger partial charge in [-0.3, -0.25) is 4.79 Å². The molecule has 0 saturated heterocycles. The molecule has 1 aliphatic rings. The number of fused-ring (bicyclic) bond motifs is 1. The standard InChI is InChI=1S/C15H22N2O3/c1-4-16-11(2)7-15(18)17(3)9-12-5-6-13-14(8-12)20-10-19-13/h5-6,8,11,16H,4,7,9-10H2,1-3H3. The smallest absolute Gasteiger partial charge is 0.231 e. The van der Waals surface area contributed by atoms with Crippen LogP contribution in [0.15, 0.2) is 18.2 Å². The molecule has 0 bridgehead atoms. The average molecular weight is 278 g/mol. The highest BCUT2D eigenvalue weighted by Crippen LogP contribution is 2.32. The van der Waals surface area contributed by atoms with Crippen molar-refractivity contribution in [2.45, 2.75) is 32.9 Å². The summed E-state index contributed by atoms with van der Waals surface area (Å²) in [6, 6.07) is 5.98. The van der Waals surface area contributed by atoms with Crippen LogP contribution < -0.4 is 14.8 Å². The van der Waals surface area contributed by atoms with Crippen LogP contribution in [-0.4, -0.2) is 37.2 Å². The number of ether oxygens (including phenoxy) is 2. The van der Waals surface area contributed by atoms with E-state index in [2.05, 4.69) is 5.32 Å². The number of hydrogen-bond donors (Lipinski definition) is 1. The second-order valence-electron chi connectivity index (χ2n) is 5.10. The third-order valence-corrected chi connectivity index (χ3v) is 3.32. The maximum atomic E-state index is 12.1. The predicted octanol–water partition coefficient (Wildman–Crippen LogP) is 1.76. The minimum absolute atomic E-state index is 0.135. The zero-order valence-electron chi connectivity index (χ0n) is 12.3. The van der Waals surface area contributed by atoms with Crippen molar-refractivity contribution in [3.63, 3.8) is 0 Å². The van der Waals surface area contributed by atoms with Crippen LogP contribution in [0.3, 0.4) is 0 Å². The first-order valence-corrected chi connectivity index (χ1v) is 6.96. The third kappa shape index (κ3) is 3.63. The minimum Gasteiger partial charge on any atom is -0.454 e. The van der Waals surface area contributed by atoms with Crippen LogP contribution in [0.5, 0.6) is 11.5 Å². The van der Waals surface area contributed by atoms with Crippen molar-refractivity contribution < 1.29 is 14.3 Å². The molecular weight excluding hydrogens is 256 g/mol. The van der Waals surface area contributed by atoms with Gasteiger partial charge in [-0.15, -0.1) is 0 Å². The van der Waals surface area contributed by atoms with Crippen molar-refractivity contribution >= 4 is 5.91 Å². The Labute approximate surface area is 119 Å². The summed E-state index contributed by atoms with van der Waals surface area (Å²) in [6.07, 6.45) is 0.509. The molecule has 5 heteroatoms. The summed E-state index contributed by atoms with van der Waals surface area (Å²) in [6.45, 7) is 5.79. The van der Waals surface area contributed by atoms with E-state index in [0.29, 0.717) is 13.0 Å². The molecule has 1 heterocycles. The Morgan fingerprint density at radius 2 is 2.15 bits per heavy atom. The molecule has 1 atom stereocenters. The molecule has 1 amide bonds. The quantitative estimate of drug-likeness (QED) is 0.861. The number of nitrogens with zero attached hydrogens (tertiary/aromatic N) is 1. The summed E-state index contributed by atoms with van der Waals surface area (Å²) >= 11 is 0. The Hall–Kier alpha value is -1.75. The van der Waals surface area contributed by atoms with Crippen molar-refractivity contribution in [1.82, 2.24) is 10.2 Å². The molecule has 0 radical (unpaired) electrons. The van der Waals surface area contributed by atoms with Gasteiger partial charge in [0.05, 0.1) is 0 Å². The highest BCUT2D eigenvalue weighted by molar-refractivity contribution is 5.76. The zero-order chi connectivity index (χ0) is 14.5. The lowest BCUT2D eigenvalue weighted by Gasteiger charge is -2.20. The Kier molecular flexibility index (Phi) is 4.84. The maximum absolute atomic E-state index is 12.1. The Bertz CT molecular complexity index is 476. The predicted molar refractivity (Wildman–Crippen MR) is 76.8 cm³/mol. The van der Waals surface area contributed by atoms with Crippen molar-refractivity contribution in [3.8, 4) is 11.5 Å². The molecule has 2 rings (SSSR count). The number of carbonyl (C=O) groups excluding carboxylic acids is 1. The SMILES string of the molecule is CCNC(C)CC(=O)N(C)Cc1ccc2c(c1)OCO2. The molecule has 0 aromatic heterocycles. The van der Waals surface area contributed by atoms with Crippen LogP contribution in [-0.2, 0) is 11.3 Å². The van der Waals surface area contributed by atoms with Crippen molar-refractivity contribution in [2.24, 2.45) is 0 Å². The van der Waals surface area contributed by atoms with E-state index in [1.165, 1.54) is 0 Å². The van der Waals surface area contributed by atoms with Gasteiger partial charge in [0.2, 0.25) is 12.7 Å². The van der Waals surface area contributed by atoms with Crippen molar-refractivity contribution in [3.05, 3.63) is 23.8 Å². The van der Waals surface area contributed by atoms with Crippen LogP contribution in [0.25, 0.3) is 0 Å². The van der Waals surface area contributed by atoms with Gasteiger partial charge >= 0.3 is 0 Å². The maximum Gasteiger partial charge on any atom is 0.231 e. The summed E-state index contributed by atoms with van der Waals surface area (Å²) in [5.41, 5.74) is 1.04. The van der Waals surface area contributed by atoms with Crippen molar-refractivity contribution in [1.29, 1.82) is 0 Å². The van der Waals surface area contributed by atoms with E-state index in [1.54, 1.807) is 4.90 Å². The van der Waals surface area contributed by atoms with Gasteiger partial charge in [0.25, 0.3) is 0 Å². The molecule has 1 aromatic carbocycles. The zero-order valence-corrected chi connectivity index (χ0v) is 12.3. The molecule has 1 unspecified atom stereocenters. The van der Waals surface area contributed by atoms with Gasteiger partial charge in [-0.1, -0.05) is 13.0 Å². The second kappa shape index (κ2) is 6.61. The molecule has 0 saturated carbocycles. The highest BCUT2D eigenvalue weighted by Gasteiger charge is 2.16. The van der Waals surface area contributed by atoms with Gasteiger partial charge in [0.15, 0.2) is 11.5 Å². The van der Waals surface area contributed by atoms with E-state index in [9.17, 15) is 4.79 Å². The minimum atomic E-state index is 0.135. The molecule has 1 N–H and O–H groups in total. The van der Waals surface area contributed by atoms with E-state index in [0.717, 1.165) is 23.6 Å². The summed E-state index contributed by atoms with van der Waals surface area (Å²) in [7, 11) is 1.82. The second-order valence-corrected chi connectivity index (χ2v) is 5.10. The lowest BCUT2D eigenvalue weighted by atomic mass is 10.1. The van der Waals surface area contributed by atoms with Crippen LogP contribution in [0.2, 0.25) is 0 Å². The fourth-order valence-corrected chi connectivity index (χ4v) is 2.24. The summed E-state index contributed by atoms with van der Waals surface area (Å²) < 4.78 is 10.6. The molecule has 0 spiro atoms. The largest absolute Gasteiger partial charge is 0.454 e. The average Bonchev–Trinajstić information content (AvgIpc) is 2.86. The topological polar surface area (TPSA) is 50.8 Å². The van der Waals surface area contributed by atoms with Crippen LogP contribution in [0.4, 0.5) is 0 Å². The first-order valence-electron chi connectivity index (χ1n) is 6.96. The number of carbonyl (C=O) groups is 1. The molecule has 5 nitrogen and oxygen atoms in total. The Balaban J connectivity index is 1.90. The fourth-order valence-electron chi connectivity index (χ4n) is 2.24. The van der Waals surface area contributed by atoms with Crippen LogP contribution in [0.1, 0.15) is 25.8 Å². The summed E-state index contributed by atoms with van der Waals surface area (Å²) in [5, 5.41) is 3.25. The number of benzene rings is 1. The molecule has 1 aliphatic heterocycles. The molecule has 0 fully saturated rings. The lowest BCUT2D eigenvalue weighted by molar-refractivity contribution is -0.130. The van der Waals surface area contributed by atoms with E-state index in [1.807, 2.05) is 39.1 Å². The van der Waals surface area contributed by atoms with Gasteiger partial charge in [-0.2, -0.15) is 0 Å². The lowest BCUT2D eigenvalue weighted by Crippen LogP contribution is -2.34. The fraction of sp³-hybridized carbons (Fsp3) is 0.533. The van der Waals surface area contributed by atoms with Crippen LogP contribution >= 0.6 is 0 Å². The first kappa shape index (κ1) is 14.7. The molecule has 0 aliphatic carbocycles.